The van der Waals surface area contributed by atoms with E-state index in [0.29, 0.717) is 12.6 Å². The molecule has 0 N–H and O–H groups in total. The maximum Gasteiger partial charge on any atom is 0.176 e. The lowest BCUT2D eigenvalue weighted by molar-refractivity contribution is -0.00585. The maximum atomic E-state index is 12.2. The predicted molar refractivity (Wildman–Crippen MR) is 72.0 cm³/mol. The van der Waals surface area contributed by atoms with Crippen molar-refractivity contribution in [2.24, 2.45) is 0 Å². The minimum Gasteiger partial charge on any atom is -0.378 e. The summed E-state index contributed by atoms with van der Waals surface area (Å²) < 4.78 is 5.46. The van der Waals surface area contributed by atoms with E-state index in [1.165, 1.54) is 0 Å². The fraction of sp³-hybridized carbons (Fsp3) is 0.533. The van der Waals surface area contributed by atoms with Gasteiger partial charge in [-0.25, -0.2) is 0 Å². The summed E-state index contributed by atoms with van der Waals surface area (Å²) >= 11 is 0. The fourth-order valence-electron chi connectivity index (χ4n) is 2.37. The quantitative estimate of drug-likeness (QED) is 0.765. The molecule has 1 saturated heterocycles. The third kappa shape index (κ3) is 3.18. The van der Waals surface area contributed by atoms with Crippen LogP contribution in [0.25, 0.3) is 0 Å². The van der Waals surface area contributed by atoms with Crippen LogP contribution in [0.15, 0.2) is 24.3 Å². The Kier molecular flexibility index (Phi) is 4.50. The average Bonchev–Trinajstić information content (AvgIpc) is 2.39. The molecule has 1 atom stereocenters. The molecule has 98 valence electrons. The second-order valence-corrected chi connectivity index (χ2v) is 4.90. The Morgan fingerprint density at radius 3 is 3.06 bits per heavy atom. The highest BCUT2D eigenvalue weighted by Gasteiger charge is 2.23. The van der Waals surface area contributed by atoms with Crippen LogP contribution in [-0.2, 0) is 4.74 Å². The van der Waals surface area contributed by atoms with E-state index in [4.69, 9.17) is 4.74 Å². The predicted octanol–water partition coefficient (Wildman–Crippen LogP) is 2.29. The minimum absolute atomic E-state index is 0.207. The largest absolute Gasteiger partial charge is 0.378 e. The molecule has 1 heterocycles. The van der Waals surface area contributed by atoms with E-state index in [1.807, 2.05) is 31.2 Å². The van der Waals surface area contributed by atoms with E-state index in [-0.39, 0.29) is 5.78 Å². The monoisotopic (exact) mass is 247 g/mol. The smallest absolute Gasteiger partial charge is 0.176 e. The van der Waals surface area contributed by atoms with Crippen molar-refractivity contribution < 1.29 is 9.53 Å². The number of benzene rings is 1. The molecule has 0 spiro atoms. The summed E-state index contributed by atoms with van der Waals surface area (Å²) in [5.74, 6) is 0.207. The molecule has 0 radical (unpaired) electrons. The molecule has 18 heavy (non-hydrogen) atoms. The molecule has 0 amide bonds. The Hall–Kier alpha value is -1.19. The van der Waals surface area contributed by atoms with Crippen molar-refractivity contribution in [2.75, 3.05) is 26.3 Å². The van der Waals surface area contributed by atoms with E-state index in [9.17, 15) is 4.79 Å². The van der Waals surface area contributed by atoms with Crippen LogP contribution in [0.3, 0.4) is 0 Å². The van der Waals surface area contributed by atoms with Crippen molar-refractivity contribution >= 4 is 5.78 Å². The SMILES string of the molecule is CCC1COCCN1CC(=O)c1cccc(C)c1. The topological polar surface area (TPSA) is 29.5 Å². The van der Waals surface area contributed by atoms with Gasteiger partial charge in [-0.15, -0.1) is 0 Å². The lowest BCUT2D eigenvalue weighted by atomic mass is 10.1. The number of aryl methyl sites for hydroxylation is 1. The van der Waals surface area contributed by atoms with Gasteiger partial charge in [0.25, 0.3) is 0 Å². The van der Waals surface area contributed by atoms with Crippen LogP contribution in [0.5, 0.6) is 0 Å². The molecule has 0 aliphatic carbocycles. The normalized spacial score (nSPS) is 20.9. The molecule has 3 nitrogen and oxygen atoms in total. The number of hydrogen-bond donors (Lipinski definition) is 0. The van der Waals surface area contributed by atoms with Gasteiger partial charge in [-0.3, -0.25) is 9.69 Å². The summed E-state index contributed by atoms with van der Waals surface area (Å²) in [5, 5.41) is 0. The van der Waals surface area contributed by atoms with Crippen molar-refractivity contribution in [1.82, 2.24) is 4.90 Å². The number of Topliss-reactive ketones (excluding diaryl/α,β-unsaturated/α-hetero) is 1. The second kappa shape index (κ2) is 6.12. The van der Waals surface area contributed by atoms with E-state index >= 15 is 0 Å². The van der Waals surface area contributed by atoms with E-state index in [1.54, 1.807) is 0 Å². The number of rotatable bonds is 4. The van der Waals surface area contributed by atoms with Crippen LogP contribution in [0.4, 0.5) is 0 Å². The highest BCUT2D eigenvalue weighted by molar-refractivity contribution is 5.97. The highest BCUT2D eigenvalue weighted by atomic mass is 16.5. The number of hydrogen-bond acceptors (Lipinski definition) is 3. The van der Waals surface area contributed by atoms with Crippen molar-refractivity contribution in [3.05, 3.63) is 35.4 Å². The molecule has 2 rings (SSSR count). The molecule has 3 heteroatoms. The Morgan fingerprint density at radius 2 is 2.33 bits per heavy atom. The maximum absolute atomic E-state index is 12.2. The van der Waals surface area contributed by atoms with Gasteiger partial charge >= 0.3 is 0 Å². The van der Waals surface area contributed by atoms with Crippen molar-refractivity contribution in [2.45, 2.75) is 26.3 Å². The average molecular weight is 247 g/mol. The van der Waals surface area contributed by atoms with Gasteiger partial charge < -0.3 is 4.74 Å². The lowest BCUT2D eigenvalue weighted by Gasteiger charge is -2.34. The number of nitrogens with zero attached hydrogens (tertiary/aromatic N) is 1. The summed E-state index contributed by atoms with van der Waals surface area (Å²) in [4.78, 5) is 14.5. The van der Waals surface area contributed by atoms with Crippen LogP contribution in [-0.4, -0.2) is 43.0 Å². The van der Waals surface area contributed by atoms with Gasteiger partial charge in [0.05, 0.1) is 19.8 Å². The van der Waals surface area contributed by atoms with E-state index in [0.717, 1.165) is 37.3 Å². The summed E-state index contributed by atoms with van der Waals surface area (Å²) in [6, 6.07) is 8.20. The van der Waals surface area contributed by atoms with Crippen LogP contribution >= 0.6 is 0 Å². The number of carbonyl (C=O) groups excluding carboxylic acids is 1. The molecule has 1 aliphatic rings. The molecule has 1 fully saturated rings. The zero-order valence-electron chi connectivity index (χ0n) is 11.2. The lowest BCUT2D eigenvalue weighted by Crippen LogP contribution is -2.47. The Labute approximate surface area is 109 Å². The van der Waals surface area contributed by atoms with Crippen molar-refractivity contribution in [3.8, 4) is 0 Å². The van der Waals surface area contributed by atoms with Gasteiger partial charge in [0, 0.05) is 18.2 Å². The second-order valence-electron chi connectivity index (χ2n) is 4.90. The van der Waals surface area contributed by atoms with Crippen molar-refractivity contribution in [1.29, 1.82) is 0 Å². The van der Waals surface area contributed by atoms with Crippen LogP contribution in [0.1, 0.15) is 29.3 Å². The summed E-state index contributed by atoms with van der Waals surface area (Å²) in [7, 11) is 0. The molecule has 1 aromatic carbocycles. The first-order valence-corrected chi connectivity index (χ1v) is 6.62. The Morgan fingerprint density at radius 1 is 1.50 bits per heavy atom. The van der Waals surface area contributed by atoms with Crippen molar-refractivity contribution in [3.63, 3.8) is 0 Å². The third-order valence-corrected chi connectivity index (χ3v) is 3.51. The van der Waals surface area contributed by atoms with Gasteiger partial charge in [0.15, 0.2) is 5.78 Å². The minimum atomic E-state index is 0.207. The third-order valence-electron chi connectivity index (χ3n) is 3.51. The molecule has 1 aliphatic heterocycles. The summed E-state index contributed by atoms with van der Waals surface area (Å²) in [5.41, 5.74) is 1.95. The Balaban J connectivity index is 2.02. The molecule has 0 bridgehead atoms. The van der Waals surface area contributed by atoms with Gasteiger partial charge in [-0.1, -0.05) is 30.7 Å². The van der Waals surface area contributed by atoms with E-state index < -0.39 is 0 Å². The van der Waals surface area contributed by atoms with Gasteiger partial charge in [-0.2, -0.15) is 0 Å². The molecular formula is C15H21NO2. The standard InChI is InChI=1S/C15H21NO2/c1-3-14-11-18-8-7-16(14)10-15(17)13-6-4-5-12(2)9-13/h4-6,9,14H,3,7-8,10-11H2,1-2H3. The highest BCUT2D eigenvalue weighted by Crippen LogP contribution is 2.12. The first kappa shape index (κ1) is 13.2. The molecule has 1 unspecified atom stereocenters. The fourth-order valence-corrected chi connectivity index (χ4v) is 2.37. The molecule has 1 aromatic rings. The van der Waals surface area contributed by atoms with Crippen LogP contribution < -0.4 is 0 Å². The number of morpholine rings is 1. The van der Waals surface area contributed by atoms with Gasteiger partial charge in [-0.05, 0) is 19.4 Å². The Bertz CT molecular complexity index is 417. The number of carbonyl (C=O) groups is 1. The zero-order valence-corrected chi connectivity index (χ0v) is 11.2. The first-order valence-electron chi connectivity index (χ1n) is 6.62. The summed E-state index contributed by atoms with van der Waals surface area (Å²) in [6.07, 6.45) is 1.03. The van der Waals surface area contributed by atoms with E-state index in [2.05, 4.69) is 11.8 Å². The molecule has 0 aromatic heterocycles. The van der Waals surface area contributed by atoms with Crippen LogP contribution in [0.2, 0.25) is 0 Å². The van der Waals surface area contributed by atoms with Gasteiger partial charge in [0.2, 0.25) is 0 Å². The first-order chi connectivity index (χ1) is 8.70. The molecule has 0 saturated carbocycles. The zero-order chi connectivity index (χ0) is 13.0. The van der Waals surface area contributed by atoms with Gasteiger partial charge in [0.1, 0.15) is 0 Å². The van der Waals surface area contributed by atoms with Crippen LogP contribution in [0, 0.1) is 6.92 Å². The number of ether oxygens (including phenoxy) is 1. The summed E-state index contributed by atoms with van der Waals surface area (Å²) in [6.45, 7) is 7.00. The number of ketones is 1. The molecular weight excluding hydrogens is 226 g/mol.